The molecule has 2 amide bonds. The normalized spacial score (nSPS) is 19.7. The number of rotatable bonds is 4. The molecule has 0 saturated carbocycles. The van der Waals surface area contributed by atoms with Gasteiger partial charge in [0.25, 0.3) is 0 Å². The molecule has 1 aromatic rings. The molecular formula is C16H22N2O3. The number of aryl methyl sites for hydroxylation is 2. The zero-order valence-electron chi connectivity index (χ0n) is 12.7. The van der Waals surface area contributed by atoms with Crippen LogP contribution in [0.3, 0.4) is 0 Å². The van der Waals surface area contributed by atoms with Crippen LogP contribution in [0.25, 0.3) is 0 Å². The number of amides is 2. The van der Waals surface area contributed by atoms with E-state index in [0.717, 1.165) is 16.8 Å². The van der Waals surface area contributed by atoms with E-state index >= 15 is 0 Å². The van der Waals surface area contributed by atoms with Crippen LogP contribution in [0.1, 0.15) is 24.5 Å². The second-order valence-electron chi connectivity index (χ2n) is 5.77. The number of carbonyl (C=O) groups excluding carboxylic acids is 2. The van der Waals surface area contributed by atoms with Gasteiger partial charge in [-0.3, -0.25) is 9.59 Å². The van der Waals surface area contributed by atoms with Gasteiger partial charge >= 0.3 is 0 Å². The second-order valence-corrected chi connectivity index (χ2v) is 5.77. The van der Waals surface area contributed by atoms with E-state index in [4.69, 9.17) is 0 Å². The first kappa shape index (κ1) is 15.5. The molecule has 114 valence electrons. The summed E-state index contributed by atoms with van der Waals surface area (Å²) in [5.74, 6) is -1.11. The Hall–Kier alpha value is -1.88. The highest BCUT2D eigenvalue weighted by atomic mass is 16.3. The smallest absolute Gasteiger partial charge is 0.239 e. The lowest BCUT2D eigenvalue weighted by molar-refractivity contribution is -0.132. The number of benzene rings is 1. The van der Waals surface area contributed by atoms with Crippen LogP contribution in [0.5, 0.6) is 0 Å². The predicted octanol–water partition coefficient (Wildman–Crippen LogP) is 1.15. The van der Waals surface area contributed by atoms with Crippen LogP contribution in [0, 0.1) is 19.8 Å². The number of nitrogens with one attached hydrogen (secondary N) is 1. The monoisotopic (exact) mass is 290 g/mol. The Labute approximate surface area is 125 Å². The highest BCUT2D eigenvalue weighted by Gasteiger charge is 2.37. The summed E-state index contributed by atoms with van der Waals surface area (Å²) in [4.78, 5) is 26.1. The van der Waals surface area contributed by atoms with Gasteiger partial charge in [0.15, 0.2) is 0 Å². The van der Waals surface area contributed by atoms with Gasteiger partial charge in [0.2, 0.25) is 11.8 Å². The molecule has 5 heteroatoms. The van der Waals surface area contributed by atoms with E-state index in [2.05, 4.69) is 11.4 Å². The number of aliphatic hydroxyl groups excluding tert-OH is 1. The van der Waals surface area contributed by atoms with Crippen molar-refractivity contribution in [2.24, 2.45) is 5.92 Å². The standard InChI is InChI=1S/C16H22N2O3/c1-10-6-11(2)8-13(7-10)18-5-4-14(16(18)21)15(20)17-9-12(3)19/h6-8,12,14,19H,4-5,9H2,1-3H3,(H,17,20). The highest BCUT2D eigenvalue weighted by Crippen LogP contribution is 2.27. The summed E-state index contributed by atoms with van der Waals surface area (Å²) in [7, 11) is 0. The number of hydrogen-bond acceptors (Lipinski definition) is 3. The molecular weight excluding hydrogens is 268 g/mol. The van der Waals surface area contributed by atoms with Crippen molar-refractivity contribution in [2.45, 2.75) is 33.3 Å². The van der Waals surface area contributed by atoms with Gasteiger partial charge in [-0.15, -0.1) is 0 Å². The van der Waals surface area contributed by atoms with Crippen LogP contribution in [0.15, 0.2) is 18.2 Å². The Balaban J connectivity index is 2.09. The van der Waals surface area contributed by atoms with Crippen molar-refractivity contribution in [3.63, 3.8) is 0 Å². The largest absolute Gasteiger partial charge is 0.392 e. The third-order valence-corrected chi connectivity index (χ3v) is 3.61. The van der Waals surface area contributed by atoms with Crippen molar-refractivity contribution in [1.82, 2.24) is 5.32 Å². The van der Waals surface area contributed by atoms with Gasteiger partial charge in [0.05, 0.1) is 6.10 Å². The van der Waals surface area contributed by atoms with Crippen molar-refractivity contribution in [3.8, 4) is 0 Å². The quantitative estimate of drug-likeness (QED) is 0.817. The second kappa shape index (κ2) is 6.26. The molecule has 0 aromatic heterocycles. The van der Waals surface area contributed by atoms with E-state index in [1.165, 1.54) is 0 Å². The maximum absolute atomic E-state index is 12.4. The van der Waals surface area contributed by atoms with Gasteiger partial charge in [-0.2, -0.15) is 0 Å². The van der Waals surface area contributed by atoms with Crippen LogP contribution in [0.2, 0.25) is 0 Å². The number of nitrogens with zero attached hydrogens (tertiary/aromatic N) is 1. The number of carbonyl (C=O) groups is 2. The Morgan fingerprint density at radius 2 is 2.00 bits per heavy atom. The summed E-state index contributed by atoms with van der Waals surface area (Å²) in [6, 6.07) is 5.97. The van der Waals surface area contributed by atoms with Crippen molar-refractivity contribution >= 4 is 17.5 Å². The van der Waals surface area contributed by atoms with Gasteiger partial charge in [-0.1, -0.05) is 6.07 Å². The molecule has 2 atom stereocenters. The maximum atomic E-state index is 12.4. The van der Waals surface area contributed by atoms with Crippen molar-refractivity contribution in [3.05, 3.63) is 29.3 Å². The minimum Gasteiger partial charge on any atom is -0.392 e. The predicted molar refractivity (Wildman–Crippen MR) is 81.1 cm³/mol. The van der Waals surface area contributed by atoms with Crippen LogP contribution in [-0.4, -0.2) is 36.1 Å². The average molecular weight is 290 g/mol. The zero-order valence-corrected chi connectivity index (χ0v) is 12.7. The van der Waals surface area contributed by atoms with Crippen LogP contribution >= 0.6 is 0 Å². The lowest BCUT2D eigenvalue weighted by Gasteiger charge is -2.18. The minimum absolute atomic E-state index is 0.164. The summed E-state index contributed by atoms with van der Waals surface area (Å²) in [6.45, 7) is 6.30. The summed E-state index contributed by atoms with van der Waals surface area (Å²) in [5.41, 5.74) is 3.04. The van der Waals surface area contributed by atoms with Gasteiger partial charge in [-0.25, -0.2) is 0 Å². The molecule has 1 saturated heterocycles. The van der Waals surface area contributed by atoms with E-state index in [0.29, 0.717) is 13.0 Å². The SMILES string of the molecule is Cc1cc(C)cc(N2CCC(C(=O)NCC(C)O)C2=O)c1. The third kappa shape index (κ3) is 3.61. The lowest BCUT2D eigenvalue weighted by Crippen LogP contribution is -2.39. The summed E-state index contributed by atoms with van der Waals surface area (Å²) in [5, 5.41) is 11.8. The van der Waals surface area contributed by atoms with E-state index in [-0.39, 0.29) is 18.4 Å². The molecule has 1 fully saturated rings. The summed E-state index contributed by atoms with van der Waals surface area (Å²) in [6.07, 6.45) is -0.0988. The Morgan fingerprint density at radius 1 is 1.38 bits per heavy atom. The first-order valence-electron chi connectivity index (χ1n) is 7.24. The van der Waals surface area contributed by atoms with Gasteiger partial charge in [0.1, 0.15) is 5.92 Å². The first-order chi connectivity index (χ1) is 9.88. The number of anilines is 1. The maximum Gasteiger partial charge on any atom is 0.239 e. The molecule has 5 nitrogen and oxygen atoms in total. The van der Waals surface area contributed by atoms with E-state index in [9.17, 15) is 14.7 Å². The van der Waals surface area contributed by atoms with E-state index in [1.807, 2.05) is 26.0 Å². The molecule has 2 N–H and O–H groups in total. The molecule has 0 aliphatic carbocycles. The molecule has 1 aliphatic rings. The molecule has 21 heavy (non-hydrogen) atoms. The molecule has 0 radical (unpaired) electrons. The Bertz CT molecular complexity index is 534. The summed E-state index contributed by atoms with van der Waals surface area (Å²) < 4.78 is 0. The fraction of sp³-hybridized carbons (Fsp3) is 0.500. The van der Waals surface area contributed by atoms with Crippen molar-refractivity contribution in [2.75, 3.05) is 18.0 Å². The van der Waals surface area contributed by atoms with Crippen molar-refractivity contribution < 1.29 is 14.7 Å². The molecule has 1 aromatic carbocycles. The molecule has 2 rings (SSSR count). The average Bonchev–Trinajstić information content (AvgIpc) is 2.76. The number of aliphatic hydroxyl groups is 1. The van der Waals surface area contributed by atoms with Gasteiger partial charge in [0, 0.05) is 18.8 Å². The van der Waals surface area contributed by atoms with Gasteiger partial charge < -0.3 is 15.3 Å². The molecule has 1 aliphatic heterocycles. The lowest BCUT2D eigenvalue weighted by atomic mass is 10.1. The molecule has 2 unspecified atom stereocenters. The topological polar surface area (TPSA) is 69.6 Å². The molecule has 0 bridgehead atoms. The Morgan fingerprint density at radius 3 is 2.57 bits per heavy atom. The molecule has 1 heterocycles. The minimum atomic E-state index is -0.649. The highest BCUT2D eigenvalue weighted by molar-refractivity contribution is 6.09. The first-order valence-corrected chi connectivity index (χ1v) is 7.24. The van der Waals surface area contributed by atoms with Crippen LogP contribution in [0.4, 0.5) is 5.69 Å². The van der Waals surface area contributed by atoms with Gasteiger partial charge in [-0.05, 0) is 50.5 Å². The van der Waals surface area contributed by atoms with Crippen LogP contribution < -0.4 is 10.2 Å². The number of hydrogen-bond donors (Lipinski definition) is 2. The van der Waals surface area contributed by atoms with Crippen LogP contribution in [-0.2, 0) is 9.59 Å². The van der Waals surface area contributed by atoms with E-state index < -0.39 is 12.0 Å². The summed E-state index contributed by atoms with van der Waals surface area (Å²) >= 11 is 0. The fourth-order valence-electron chi connectivity index (χ4n) is 2.66. The third-order valence-electron chi connectivity index (χ3n) is 3.61. The van der Waals surface area contributed by atoms with E-state index in [1.54, 1.807) is 11.8 Å². The fourth-order valence-corrected chi connectivity index (χ4v) is 2.66. The Kier molecular flexibility index (Phi) is 4.63. The van der Waals surface area contributed by atoms with Crippen molar-refractivity contribution in [1.29, 1.82) is 0 Å². The molecule has 0 spiro atoms. The zero-order chi connectivity index (χ0) is 15.6.